The van der Waals surface area contributed by atoms with Gasteiger partial charge < -0.3 is 10.8 Å². The molecule has 1 aromatic carbocycles. The lowest BCUT2D eigenvalue weighted by Crippen LogP contribution is -2.17. The van der Waals surface area contributed by atoms with Crippen LogP contribution in [0.5, 0.6) is 0 Å². The summed E-state index contributed by atoms with van der Waals surface area (Å²) in [4.78, 5) is 0. The first-order chi connectivity index (χ1) is 7.04. The molecule has 1 rings (SSSR count). The Labute approximate surface area is 107 Å². The topological polar surface area (TPSA) is 46.2 Å². The van der Waals surface area contributed by atoms with Crippen molar-refractivity contribution < 1.29 is 5.11 Å². The van der Waals surface area contributed by atoms with Crippen LogP contribution in [0.2, 0.25) is 0 Å². The van der Waals surface area contributed by atoms with E-state index in [1.807, 2.05) is 18.2 Å². The predicted molar refractivity (Wildman–Crippen MR) is 69.9 cm³/mol. The molecule has 3 N–H and O–H groups in total. The number of hydrogen-bond donors (Lipinski definition) is 2. The van der Waals surface area contributed by atoms with Gasteiger partial charge in [-0.25, -0.2) is 0 Å². The third-order valence-electron chi connectivity index (χ3n) is 2.33. The van der Waals surface area contributed by atoms with Gasteiger partial charge in [0.2, 0.25) is 0 Å². The van der Waals surface area contributed by atoms with E-state index in [1.165, 1.54) is 0 Å². The molecule has 0 saturated heterocycles. The summed E-state index contributed by atoms with van der Waals surface area (Å²) in [5.41, 5.74) is 6.86. The van der Waals surface area contributed by atoms with Crippen LogP contribution in [0, 0.1) is 0 Å². The van der Waals surface area contributed by atoms with E-state index in [0.717, 1.165) is 14.5 Å². The first-order valence-corrected chi connectivity index (χ1v) is 6.46. The molecule has 0 fully saturated rings. The number of aliphatic hydroxyl groups is 1. The van der Waals surface area contributed by atoms with Gasteiger partial charge in [0.1, 0.15) is 0 Å². The minimum Gasteiger partial charge on any atom is -0.393 e. The lowest BCUT2D eigenvalue weighted by molar-refractivity contribution is 0.175. The molecule has 2 atom stereocenters. The quantitative estimate of drug-likeness (QED) is 0.887. The minimum atomic E-state index is -0.319. The Kier molecular flexibility index (Phi) is 5.26. The van der Waals surface area contributed by atoms with Gasteiger partial charge in [-0.15, -0.1) is 0 Å². The van der Waals surface area contributed by atoms with Crippen LogP contribution in [-0.2, 0) is 0 Å². The molecule has 1 aromatic rings. The van der Waals surface area contributed by atoms with Crippen molar-refractivity contribution in [1.29, 1.82) is 0 Å². The molecule has 0 radical (unpaired) electrons. The molecular formula is C11H15Br2NO. The van der Waals surface area contributed by atoms with E-state index in [-0.39, 0.29) is 12.0 Å². The van der Waals surface area contributed by atoms with E-state index < -0.39 is 0 Å². The fraction of sp³-hybridized carbons (Fsp3) is 0.455. The summed E-state index contributed by atoms with van der Waals surface area (Å²) in [6.07, 6.45) is 0.380. The second-order valence-electron chi connectivity index (χ2n) is 3.69. The molecule has 15 heavy (non-hydrogen) atoms. The highest BCUT2D eigenvalue weighted by Gasteiger charge is 2.13. The number of benzene rings is 1. The van der Waals surface area contributed by atoms with Crippen molar-refractivity contribution in [3.63, 3.8) is 0 Å². The molecule has 2 unspecified atom stereocenters. The van der Waals surface area contributed by atoms with Gasteiger partial charge in [-0.1, -0.05) is 6.07 Å². The van der Waals surface area contributed by atoms with Gasteiger partial charge in [-0.05, 0) is 75.4 Å². The van der Waals surface area contributed by atoms with Crippen LogP contribution in [0.25, 0.3) is 0 Å². The Bertz CT molecular complexity index is 328. The standard InChI is InChI=1S/C11H15Br2NO/c1-7(15)4-9(6-14)8-2-3-10(12)11(13)5-8/h2-3,5,7,9,15H,4,6,14H2,1H3. The SMILES string of the molecule is CC(O)CC(CN)c1ccc(Br)c(Br)c1. The van der Waals surface area contributed by atoms with Crippen LogP contribution < -0.4 is 5.73 Å². The average Bonchev–Trinajstić information content (AvgIpc) is 2.18. The molecule has 84 valence electrons. The van der Waals surface area contributed by atoms with Gasteiger partial charge in [-0.2, -0.15) is 0 Å². The third-order valence-corrected chi connectivity index (χ3v) is 4.20. The van der Waals surface area contributed by atoms with Crippen molar-refractivity contribution in [2.45, 2.75) is 25.4 Å². The van der Waals surface area contributed by atoms with Crippen LogP contribution in [0.1, 0.15) is 24.8 Å². The van der Waals surface area contributed by atoms with Crippen LogP contribution >= 0.6 is 31.9 Å². The summed E-state index contributed by atoms with van der Waals surface area (Å²) in [6.45, 7) is 2.34. The van der Waals surface area contributed by atoms with E-state index >= 15 is 0 Å². The lowest BCUT2D eigenvalue weighted by atomic mass is 9.94. The molecule has 0 spiro atoms. The Morgan fingerprint density at radius 1 is 1.33 bits per heavy atom. The monoisotopic (exact) mass is 335 g/mol. The Balaban J connectivity index is 2.87. The second-order valence-corrected chi connectivity index (χ2v) is 5.40. The zero-order valence-electron chi connectivity index (χ0n) is 8.58. The summed E-state index contributed by atoms with van der Waals surface area (Å²) < 4.78 is 2.04. The highest BCUT2D eigenvalue weighted by molar-refractivity contribution is 9.13. The van der Waals surface area contributed by atoms with Crippen molar-refractivity contribution in [3.05, 3.63) is 32.7 Å². The summed E-state index contributed by atoms with van der Waals surface area (Å²) in [5, 5.41) is 9.36. The number of rotatable bonds is 4. The maximum absolute atomic E-state index is 9.36. The van der Waals surface area contributed by atoms with E-state index in [2.05, 4.69) is 31.9 Å². The van der Waals surface area contributed by atoms with Gasteiger partial charge in [-0.3, -0.25) is 0 Å². The van der Waals surface area contributed by atoms with E-state index in [9.17, 15) is 5.11 Å². The molecule has 0 saturated carbocycles. The van der Waals surface area contributed by atoms with Gasteiger partial charge in [0.25, 0.3) is 0 Å². The normalized spacial score (nSPS) is 15.0. The summed E-state index contributed by atoms with van der Waals surface area (Å²) >= 11 is 6.88. The molecular weight excluding hydrogens is 322 g/mol. The van der Waals surface area contributed by atoms with Gasteiger partial charge in [0.15, 0.2) is 0 Å². The number of hydrogen-bond acceptors (Lipinski definition) is 2. The third kappa shape index (κ3) is 3.87. The zero-order valence-corrected chi connectivity index (χ0v) is 11.8. The minimum absolute atomic E-state index is 0.217. The highest BCUT2D eigenvalue weighted by Crippen LogP contribution is 2.28. The van der Waals surface area contributed by atoms with E-state index in [0.29, 0.717) is 13.0 Å². The Hall–Kier alpha value is 0.1000. The molecule has 0 aliphatic rings. The smallest absolute Gasteiger partial charge is 0.0518 e. The molecule has 0 aliphatic heterocycles. The van der Waals surface area contributed by atoms with Gasteiger partial charge in [0, 0.05) is 8.95 Å². The maximum atomic E-state index is 9.36. The predicted octanol–water partition coefficient (Wildman–Crippen LogP) is 3.02. The van der Waals surface area contributed by atoms with Crippen molar-refractivity contribution >= 4 is 31.9 Å². The highest BCUT2D eigenvalue weighted by atomic mass is 79.9. The maximum Gasteiger partial charge on any atom is 0.0518 e. The first kappa shape index (κ1) is 13.2. The van der Waals surface area contributed by atoms with Crippen molar-refractivity contribution in [2.24, 2.45) is 5.73 Å². The molecule has 4 heteroatoms. The molecule has 0 aromatic heterocycles. The Morgan fingerprint density at radius 3 is 2.47 bits per heavy atom. The second kappa shape index (κ2) is 5.99. The van der Waals surface area contributed by atoms with E-state index in [1.54, 1.807) is 6.92 Å². The lowest BCUT2D eigenvalue weighted by Gasteiger charge is -2.17. The number of halogens is 2. The van der Waals surface area contributed by atoms with Gasteiger partial charge >= 0.3 is 0 Å². The van der Waals surface area contributed by atoms with Crippen LogP contribution in [-0.4, -0.2) is 17.8 Å². The number of aliphatic hydroxyl groups excluding tert-OH is 1. The summed E-state index contributed by atoms with van der Waals surface area (Å²) in [5.74, 6) is 0.217. The molecule has 0 heterocycles. The van der Waals surface area contributed by atoms with Crippen LogP contribution in [0.3, 0.4) is 0 Å². The Morgan fingerprint density at radius 2 is 2.00 bits per heavy atom. The van der Waals surface area contributed by atoms with Crippen molar-refractivity contribution in [2.75, 3.05) is 6.54 Å². The van der Waals surface area contributed by atoms with Crippen LogP contribution in [0.15, 0.2) is 27.1 Å². The van der Waals surface area contributed by atoms with Crippen molar-refractivity contribution in [1.82, 2.24) is 0 Å². The molecule has 0 bridgehead atoms. The van der Waals surface area contributed by atoms with E-state index in [4.69, 9.17) is 5.73 Å². The molecule has 2 nitrogen and oxygen atoms in total. The molecule has 0 amide bonds. The average molecular weight is 337 g/mol. The molecule has 0 aliphatic carbocycles. The van der Waals surface area contributed by atoms with Gasteiger partial charge in [0.05, 0.1) is 6.10 Å². The van der Waals surface area contributed by atoms with Crippen LogP contribution in [0.4, 0.5) is 0 Å². The number of nitrogens with two attached hydrogens (primary N) is 1. The fourth-order valence-corrected chi connectivity index (χ4v) is 2.19. The largest absolute Gasteiger partial charge is 0.393 e. The fourth-order valence-electron chi connectivity index (χ4n) is 1.55. The first-order valence-electron chi connectivity index (χ1n) is 4.87. The summed E-state index contributed by atoms with van der Waals surface area (Å²) in [7, 11) is 0. The zero-order chi connectivity index (χ0) is 11.4. The summed E-state index contributed by atoms with van der Waals surface area (Å²) in [6, 6.07) is 6.07. The van der Waals surface area contributed by atoms with Crippen molar-refractivity contribution in [3.8, 4) is 0 Å².